The number of ether oxygens (including phenoxy) is 1. The van der Waals surface area contributed by atoms with Gasteiger partial charge in [-0.3, -0.25) is 4.90 Å². The molecule has 5 aliphatic heterocycles. The second kappa shape index (κ2) is 6.56. The molecule has 2 atom stereocenters. The van der Waals surface area contributed by atoms with Crippen molar-refractivity contribution in [2.45, 2.75) is 30.9 Å². The summed E-state index contributed by atoms with van der Waals surface area (Å²) in [5.74, 6) is 0.403. The average molecular weight is 391 g/mol. The number of halogens is 1. The van der Waals surface area contributed by atoms with Crippen molar-refractivity contribution < 1.29 is 9.13 Å². The van der Waals surface area contributed by atoms with Crippen LogP contribution in [0, 0.1) is 11.7 Å². The Morgan fingerprint density at radius 2 is 1.79 bits per heavy atom. The van der Waals surface area contributed by atoms with Crippen molar-refractivity contribution in [2.75, 3.05) is 32.7 Å². The Morgan fingerprint density at radius 3 is 2.55 bits per heavy atom. The van der Waals surface area contributed by atoms with E-state index < -0.39 is 0 Å². The zero-order valence-electron chi connectivity index (χ0n) is 16.6. The van der Waals surface area contributed by atoms with Crippen molar-refractivity contribution in [3.63, 3.8) is 0 Å². The summed E-state index contributed by atoms with van der Waals surface area (Å²) < 4.78 is 20.3. The Kier molecular flexibility index (Phi) is 3.95. The highest BCUT2D eigenvalue weighted by molar-refractivity contribution is 5.78. The smallest absolute Gasteiger partial charge is 0.288 e. The van der Waals surface area contributed by atoms with Crippen molar-refractivity contribution >= 4 is 6.02 Å². The molecule has 0 aromatic heterocycles. The van der Waals surface area contributed by atoms with E-state index in [1.807, 2.05) is 12.1 Å². The number of rotatable bonds is 1. The van der Waals surface area contributed by atoms with Crippen molar-refractivity contribution in [1.82, 2.24) is 9.80 Å². The molecule has 150 valence electrons. The predicted molar refractivity (Wildman–Crippen MR) is 110 cm³/mol. The Labute approximate surface area is 171 Å². The third kappa shape index (κ3) is 2.78. The van der Waals surface area contributed by atoms with E-state index in [4.69, 9.17) is 9.73 Å². The number of amidine groups is 1. The summed E-state index contributed by atoms with van der Waals surface area (Å²) in [4.78, 5) is 9.78. The van der Waals surface area contributed by atoms with Crippen molar-refractivity contribution in [1.29, 1.82) is 0 Å². The number of hydrogen-bond donors (Lipinski definition) is 0. The highest BCUT2D eigenvalue weighted by Crippen LogP contribution is 2.43. The molecule has 29 heavy (non-hydrogen) atoms. The Bertz CT molecular complexity index is 951. The van der Waals surface area contributed by atoms with Gasteiger partial charge in [-0.25, -0.2) is 9.38 Å². The minimum atomic E-state index is -0.204. The fraction of sp³-hybridized carbons (Fsp3) is 0.458. The second-order valence-corrected chi connectivity index (χ2v) is 8.91. The van der Waals surface area contributed by atoms with E-state index >= 15 is 0 Å². The van der Waals surface area contributed by atoms with Crippen LogP contribution < -0.4 is 0 Å². The lowest BCUT2D eigenvalue weighted by atomic mass is 9.75. The number of hydrogen-bond acceptors (Lipinski definition) is 4. The second-order valence-electron chi connectivity index (χ2n) is 8.91. The zero-order chi connectivity index (χ0) is 19.4. The third-order valence-corrected chi connectivity index (χ3v) is 7.31. The minimum absolute atomic E-state index is 0.00975. The number of benzene rings is 2. The number of piperidine rings is 3. The molecule has 2 aromatic carbocycles. The molecule has 0 saturated carbocycles. The fourth-order valence-electron chi connectivity index (χ4n) is 5.79. The van der Waals surface area contributed by atoms with Gasteiger partial charge in [0.1, 0.15) is 11.4 Å². The van der Waals surface area contributed by atoms with Crippen LogP contribution in [0.5, 0.6) is 0 Å². The lowest BCUT2D eigenvalue weighted by Crippen LogP contribution is -2.61. The molecule has 3 fully saturated rings. The lowest BCUT2D eigenvalue weighted by Gasteiger charge is -2.50. The van der Waals surface area contributed by atoms with E-state index in [-0.39, 0.29) is 17.5 Å². The normalized spacial score (nSPS) is 32.8. The molecule has 5 heteroatoms. The van der Waals surface area contributed by atoms with Crippen LogP contribution >= 0.6 is 0 Å². The van der Waals surface area contributed by atoms with Gasteiger partial charge >= 0.3 is 0 Å². The topological polar surface area (TPSA) is 28.1 Å². The minimum Gasteiger partial charge on any atom is -0.455 e. The summed E-state index contributed by atoms with van der Waals surface area (Å²) in [6.07, 6.45) is 3.40. The van der Waals surface area contributed by atoms with Crippen LogP contribution in [0.15, 0.2) is 53.5 Å². The monoisotopic (exact) mass is 391 g/mol. The quantitative estimate of drug-likeness (QED) is 0.743. The zero-order valence-corrected chi connectivity index (χ0v) is 16.6. The van der Waals surface area contributed by atoms with Crippen molar-refractivity contribution in [2.24, 2.45) is 10.9 Å². The molecule has 0 radical (unpaired) electrons. The molecule has 5 heterocycles. The van der Waals surface area contributed by atoms with Crippen LogP contribution in [-0.4, -0.2) is 54.1 Å². The summed E-state index contributed by atoms with van der Waals surface area (Å²) in [7, 11) is 0. The lowest BCUT2D eigenvalue weighted by molar-refractivity contribution is -0.0895. The van der Waals surface area contributed by atoms with Gasteiger partial charge in [0.05, 0.1) is 12.6 Å². The van der Waals surface area contributed by atoms with E-state index in [0.29, 0.717) is 5.92 Å². The molecule has 3 saturated heterocycles. The molecule has 1 spiro atoms. The highest BCUT2D eigenvalue weighted by Gasteiger charge is 2.53. The third-order valence-electron chi connectivity index (χ3n) is 7.31. The van der Waals surface area contributed by atoms with Gasteiger partial charge < -0.3 is 9.64 Å². The summed E-state index contributed by atoms with van der Waals surface area (Å²) in [5, 5.41) is 0. The average Bonchev–Trinajstić information content (AvgIpc) is 3.17. The standard InChI is InChI=1S/C24H26FN3O/c25-20-7-5-18(6-8-20)22-21-4-2-1-3-17(21)9-14-28(22)23-26-15-24(29-23)16-27-12-10-19(24)11-13-27/h1-8,19,22H,9-16H2/t22-,24-/m0/s1. The van der Waals surface area contributed by atoms with Gasteiger partial charge in [-0.2, -0.15) is 0 Å². The molecule has 0 aliphatic carbocycles. The fourth-order valence-corrected chi connectivity index (χ4v) is 5.79. The Hall–Kier alpha value is -2.40. The van der Waals surface area contributed by atoms with E-state index in [9.17, 15) is 4.39 Å². The van der Waals surface area contributed by atoms with Crippen LogP contribution in [0.25, 0.3) is 0 Å². The SMILES string of the molecule is Fc1ccc([C@H]2c3ccccc3CCN2C2=NC[C@@]3(CN4CCC3CC4)O2)cc1. The number of nitrogens with zero attached hydrogens (tertiary/aromatic N) is 3. The molecule has 4 nitrogen and oxygen atoms in total. The summed E-state index contributed by atoms with van der Waals surface area (Å²) in [6.45, 7) is 5.01. The Morgan fingerprint density at radius 1 is 1.00 bits per heavy atom. The van der Waals surface area contributed by atoms with E-state index in [1.165, 1.54) is 37.1 Å². The van der Waals surface area contributed by atoms with E-state index in [1.54, 1.807) is 12.1 Å². The van der Waals surface area contributed by atoms with Crippen LogP contribution in [0.3, 0.4) is 0 Å². The maximum atomic E-state index is 13.6. The molecule has 0 unspecified atom stereocenters. The molecule has 0 N–H and O–H groups in total. The van der Waals surface area contributed by atoms with Gasteiger partial charge in [0.15, 0.2) is 0 Å². The first-order chi connectivity index (χ1) is 14.2. The molecule has 5 aliphatic rings. The summed E-state index contributed by atoms with van der Waals surface area (Å²) >= 11 is 0. The van der Waals surface area contributed by atoms with Gasteiger partial charge in [0.25, 0.3) is 6.02 Å². The largest absolute Gasteiger partial charge is 0.455 e. The van der Waals surface area contributed by atoms with E-state index in [2.05, 4.69) is 34.1 Å². The molecule has 2 aromatic rings. The van der Waals surface area contributed by atoms with Crippen molar-refractivity contribution in [3.05, 3.63) is 71.0 Å². The number of fused-ring (bicyclic) bond motifs is 3. The van der Waals surface area contributed by atoms with Crippen LogP contribution in [0.2, 0.25) is 0 Å². The van der Waals surface area contributed by atoms with E-state index in [0.717, 1.165) is 37.6 Å². The van der Waals surface area contributed by atoms with Crippen LogP contribution in [0.4, 0.5) is 4.39 Å². The highest BCUT2D eigenvalue weighted by atomic mass is 19.1. The van der Waals surface area contributed by atoms with Gasteiger partial charge in [0.2, 0.25) is 0 Å². The Balaban J connectivity index is 1.35. The predicted octanol–water partition coefficient (Wildman–Crippen LogP) is 3.62. The summed E-state index contributed by atoms with van der Waals surface area (Å²) in [6, 6.07) is 16.3. The van der Waals surface area contributed by atoms with Gasteiger partial charge in [-0.1, -0.05) is 36.4 Å². The molecular weight excluding hydrogens is 365 g/mol. The maximum absolute atomic E-state index is 13.6. The van der Waals surface area contributed by atoms with Gasteiger partial charge in [-0.05, 0) is 61.2 Å². The first-order valence-corrected chi connectivity index (χ1v) is 10.8. The molecule has 7 rings (SSSR count). The van der Waals surface area contributed by atoms with Crippen LogP contribution in [-0.2, 0) is 11.2 Å². The molecular formula is C24H26FN3O. The maximum Gasteiger partial charge on any atom is 0.288 e. The molecule has 2 bridgehead atoms. The van der Waals surface area contributed by atoms with Gasteiger partial charge in [-0.15, -0.1) is 0 Å². The molecule has 0 amide bonds. The van der Waals surface area contributed by atoms with Crippen molar-refractivity contribution in [3.8, 4) is 0 Å². The van der Waals surface area contributed by atoms with Gasteiger partial charge in [0, 0.05) is 19.0 Å². The number of aliphatic imine (C=N–C) groups is 1. The van der Waals surface area contributed by atoms with Crippen LogP contribution in [0.1, 0.15) is 35.6 Å². The first kappa shape index (κ1) is 17.5. The summed E-state index contributed by atoms with van der Waals surface area (Å²) in [5.41, 5.74) is 3.57. The first-order valence-electron chi connectivity index (χ1n) is 10.8.